The number of carbonyl (C=O) groups is 1. The molecular formula is C64H106NO7P. The molecule has 0 fully saturated rings. The monoisotopic (exact) mass is 1030 g/mol. The van der Waals surface area contributed by atoms with Crippen molar-refractivity contribution in [3.05, 3.63) is 146 Å². The minimum absolute atomic E-state index is 0.0102. The van der Waals surface area contributed by atoms with E-state index in [2.05, 4.69) is 160 Å². The molecular weight excluding hydrogens is 926 g/mol. The third-order valence-electron chi connectivity index (χ3n) is 11.4. The maximum absolute atomic E-state index is 12.8. The summed E-state index contributed by atoms with van der Waals surface area (Å²) in [5, 5.41) is 0. The van der Waals surface area contributed by atoms with E-state index < -0.39 is 13.9 Å². The SMILES string of the molecule is CC/C=C\C/C=C\C/C=C\C/C=C\C/C=C\C/C=C\C/C=C\CCCCCCOCC(COP(=O)([O-])OCC[N+](C)(C)C)OC(=O)CCCCCCCCCCC/C=C\C/C=C\C/C=C\C/C=C\C/C=C\CC. The van der Waals surface area contributed by atoms with Gasteiger partial charge in [0.25, 0.3) is 7.82 Å². The predicted octanol–water partition coefficient (Wildman–Crippen LogP) is 17.8. The highest BCUT2D eigenvalue weighted by Crippen LogP contribution is 2.38. The minimum Gasteiger partial charge on any atom is -0.756 e. The lowest BCUT2D eigenvalue weighted by Crippen LogP contribution is -2.37. The molecule has 0 bridgehead atoms. The van der Waals surface area contributed by atoms with E-state index in [9.17, 15) is 14.3 Å². The topological polar surface area (TPSA) is 94.1 Å². The summed E-state index contributed by atoms with van der Waals surface area (Å²) in [6.07, 6.45) is 81.7. The molecule has 2 atom stereocenters. The van der Waals surface area contributed by atoms with Crippen LogP contribution in [-0.2, 0) is 27.9 Å². The summed E-state index contributed by atoms with van der Waals surface area (Å²) in [4.78, 5) is 25.3. The zero-order valence-corrected chi connectivity index (χ0v) is 47.9. The van der Waals surface area contributed by atoms with Crippen molar-refractivity contribution < 1.29 is 37.3 Å². The van der Waals surface area contributed by atoms with Crippen LogP contribution in [0.4, 0.5) is 0 Å². The summed E-state index contributed by atoms with van der Waals surface area (Å²) in [6.45, 7) is 5.08. The number of unbranched alkanes of at least 4 members (excludes halogenated alkanes) is 13. The smallest absolute Gasteiger partial charge is 0.306 e. The molecule has 0 amide bonds. The van der Waals surface area contributed by atoms with Gasteiger partial charge in [0.15, 0.2) is 0 Å². The van der Waals surface area contributed by atoms with Gasteiger partial charge in [0, 0.05) is 13.0 Å². The number of quaternary nitrogens is 1. The van der Waals surface area contributed by atoms with Crippen LogP contribution in [0, 0.1) is 0 Å². The molecule has 0 saturated heterocycles. The van der Waals surface area contributed by atoms with Crippen LogP contribution in [0.1, 0.15) is 194 Å². The zero-order valence-electron chi connectivity index (χ0n) is 47.0. The van der Waals surface area contributed by atoms with Crippen molar-refractivity contribution in [3.63, 3.8) is 0 Å². The van der Waals surface area contributed by atoms with Crippen LogP contribution in [0.25, 0.3) is 0 Å². The molecule has 8 nitrogen and oxygen atoms in total. The van der Waals surface area contributed by atoms with Crippen LogP contribution in [-0.4, -0.2) is 70.7 Å². The fourth-order valence-corrected chi connectivity index (χ4v) is 7.81. The van der Waals surface area contributed by atoms with E-state index in [1.54, 1.807) is 0 Å². The molecule has 2 unspecified atom stereocenters. The summed E-state index contributed by atoms with van der Waals surface area (Å²) in [5.74, 6) is -0.356. The third-order valence-corrected chi connectivity index (χ3v) is 12.4. The highest BCUT2D eigenvalue weighted by atomic mass is 31.2. The number of phosphoric acid groups is 1. The summed E-state index contributed by atoms with van der Waals surface area (Å²) >= 11 is 0. The quantitative estimate of drug-likeness (QED) is 0.0197. The Morgan fingerprint density at radius 3 is 1.12 bits per heavy atom. The minimum atomic E-state index is -4.56. The number of rotatable bonds is 51. The van der Waals surface area contributed by atoms with Gasteiger partial charge in [0.1, 0.15) is 19.3 Å². The van der Waals surface area contributed by atoms with Gasteiger partial charge >= 0.3 is 5.97 Å². The zero-order chi connectivity index (χ0) is 53.3. The van der Waals surface area contributed by atoms with Crippen molar-refractivity contribution in [2.45, 2.75) is 200 Å². The number of hydrogen-bond donors (Lipinski definition) is 0. The van der Waals surface area contributed by atoms with Crippen molar-refractivity contribution >= 4 is 13.8 Å². The van der Waals surface area contributed by atoms with E-state index in [4.69, 9.17) is 18.5 Å². The molecule has 0 N–H and O–H groups in total. The number of allylic oxidation sites excluding steroid dienone is 24. The Morgan fingerprint density at radius 2 is 0.753 bits per heavy atom. The predicted molar refractivity (Wildman–Crippen MR) is 313 cm³/mol. The molecule has 0 aromatic carbocycles. The number of hydrogen-bond acceptors (Lipinski definition) is 7. The van der Waals surface area contributed by atoms with E-state index >= 15 is 0 Å². The number of carbonyl (C=O) groups excluding carboxylic acids is 1. The van der Waals surface area contributed by atoms with Crippen LogP contribution >= 0.6 is 7.82 Å². The fraction of sp³-hybridized carbons (Fsp3) is 0.609. The number of nitrogens with zero attached hydrogens (tertiary/aromatic N) is 1. The molecule has 0 aromatic rings. The van der Waals surface area contributed by atoms with Crippen molar-refractivity contribution in [2.75, 3.05) is 54.1 Å². The Labute approximate surface area is 448 Å². The van der Waals surface area contributed by atoms with E-state index in [-0.39, 0.29) is 32.2 Å². The number of ether oxygens (including phenoxy) is 2. The first-order chi connectivity index (χ1) is 35.6. The molecule has 414 valence electrons. The van der Waals surface area contributed by atoms with Crippen molar-refractivity contribution in [1.82, 2.24) is 0 Å². The molecule has 0 aliphatic heterocycles. The maximum atomic E-state index is 12.8. The van der Waals surface area contributed by atoms with Crippen LogP contribution in [0.2, 0.25) is 0 Å². The first-order valence-electron chi connectivity index (χ1n) is 28.6. The second kappa shape index (κ2) is 54.6. The molecule has 0 spiro atoms. The van der Waals surface area contributed by atoms with Crippen LogP contribution in [0.5, 0.6) is 0 Å². The molecule has 0 rings (SSSR count). The average Bonchev–Trinajstić information content (AvgIpc) is 3.35. The maximum Gasteiger partial charge on any atom is 0.306 e. The number of phosphoric ester groups is 1. The van der Waals surface area contributed by atoms with Gasteiger partial charge < -0.3 is 27.9 Å². The van der Waals surface area contributed by atoms with Gasteiger partial charge in [0.05, 0.1) is 34.4 Å². The lowest BCUT2D eigenvalue weighted by molar-refractivity contribution is -0.870. The molecule has 73 heavy (non-hydrogen) atoms. The summed E-state index contributed by atoms with van der Waals surface area (Å²) < 4.78 is 34.8. The second-order valence-electron chi connectivity index (χ2n) is 19.5. The third kappa shape index (κ3) is 59.1. The Kier molecular flexibility index (Phi) is 51.9. The fourth-order valence-electron chi connectivity index (χ4n) is 7.08. The summed E-state index contributed by atoms with van der Waals surface area (Å²) in [7, 11) is 1.31. The van der Waals surface area contributed by atoms with E-state index in [1.165, 1.54) is 38.5 Å². The second-order valence-corrected chi connectivity index (χ2v) is 20.9. The molecule has 9 heteroatoms. The standard InChI is InChI=1S/C64H106NO7P/c1-6-8-10-12-14-16-18-20-22-24-26-28-30-32-34-36-38-40-42-44-46-48-50-52-54-56-59-69-61-63(62-71-73(67,68)70-60-58-65(3,4)5)72-64(66)57-55-53-51-49-47-45-43-41-39-37-35-33-31-29-27-25-23-21-19-17-15-13-11-9-7-2/h8-11,14-17,20-23,26-29,32-35,38,40,44,46,63H,6-7,12-13,18-19,24-25,30-31,36-37,39,41-43,45,47-62H2,1-5H3/b10-8-,11-9-,16-14-,17-15-,22-20-,23-21-,28-26-,29-27-,34-32-,35-33-,40-38-,46-44-. The molecule has 0 aliphatic carbocycles. The Balaban J connectivity index is 4.22. The lowest BCUT2D eigenvalue weighted by atomic mass is 10.1. The molecule has 0 heterocycles. The van der Waals surface area contributed by atoms with Crippen molar-refractivity contribution in [2.24, 2.45) is 0 Å². The first kappa shape index (κ1) is 69.4. The molecule has 0 aliphatic rings. The van der Waals surface area contributed by atoms with Crippen LogP contribution in [0.15, 0.2) is 146 Å². The van der Waals surface area contributed by atoms with Gasteiger partial charge in [-0.25, -0.2) is 0 Å². The number of likely N-dealkylation sites (N-methyl/N-ethyl adjacent to an activating group) is 1. The van der Waals surface area contributed by atoms with Crippen molar-refractivity contribution in [3.8, 4) is 0 Å². The van der Waals surface area contributed by atoms with Gasteiger partial charge in [-0.1, -0.05) is 217 Å². The van der Waals surface area contributed by atoms with Gasteiger partial charge in [-0.3, -0.25) is 9.36 Å². The summed E-state index contributed by atoms with van der Waals surface area (Å²) in [6, 6.07) is 0. The van der Waals surface area contributed by atoms with Gasteiger partial charge in [-0.2, -0.15) is 0 Å². The molecule has 0 radical (unpaired) electrons. The van der Waals surface area contributed by atoms with Gasteiger partial charge in [-0.05, 0) is 116 Å². The van der Waals surface area contributed by atoms with Crippen LogP contribution in [0.3, 0.4) is 0 Å². The normalized spacial score (nSPS) is 14.5. The number of esters is 1. The Hall–Kier alpha value is -3.62. The van der Waals surface area contributed by atoms with E-state index in [1.807, 2.05) is 21.1 Å². The van der Waals surface area contributed by atoms with E-state index in [0.717, 1.165) is 135 Å². The Bertz CT molecular complexity index is 1670. The average molecular weight is 1030 g/mol. The summed E-state index contributed by atoms with van der Waals surface area (Å²) in [5.41, 5.74) is 0. The van der Waals surface area contributed by atoms with E-state index in [0.29, 0.717) is 17.6 Å². The molecule has 0 aromatic heterocycles. The molecule has 0 saturated carbocycles. The van der Waals surface area contributed by atoms with Gasteiger partial charge in [-0.15, -0.1) is 0 Å². The highest BCUT2D eigenvalue weighted by Gasteiger charge is 2.20. The largest absolute Gasteiger partial charge is 0.756 e. The lowest BCUT2D eigenvalue weighted by Gasteiger charge is -2.28. The highest BCUT2D eigenvalue weighted by molar-refractivity contribution is 7.45. The van der Waals surface area contributed by atoms with Crippen LogP contribution < -0.4 is 4.89 Å². The van der Waals surface area contributed by atoms with Crippen molar-refractivity contribution in [1.29, 1.82) is 0 Å². The first-order valence-corrected chi connectivity index (χ1v) is 30.0. The van der Waals surface area contributed by atoms with Gasteiger partial charge in [0.2, 0.25) is 0 Å². The Morgan fingerprint density at radius 1 is 0.425 bits per heavy atom.